The number of hydrogen-bond acceptors (Lipinski definition) is 4. The molecule has 2 aromatic rings. The van der Waals surface area contributed by atoms with Crippen LogP contribution in [0.5, 0.6) is 5.75 Å². The van der Waals surface area contributed by atoms with Crippen molar-refractivity contribution in [3.8, 4) is 16.9 Å². The van der Waals surface area contributed by atoms with Crippen LogP contribution in [0.3, 0.4) is 0 Å². The molecule has 0 bridgehead atoms. The second kappa shape index (κ2) is 8.69. The molecule has 1 heterocycles. The van der Waals surface area contributed by atoms with Crippen LogP contribution in [-0.4, -0.2) is 30.0 Å². The van der Waals surface area contributed by atoms with Crippen LogP contribution in [0.15, 0.2) is 52.7 Å². The lowest BCUT2D eigenvalue weighted by molar-refractivity contribution is -0.274. The maximum atomic E-state index is 12.6. The van der Waals surface area contributed by atoms with E-state index in [0.29, 0.717) is 24.2 Å². The molecule has 0 saturated carbocycles. The van der Waals surface area contributed by atoms with Gasteiger partial charge in [0.15, 0.2) is 0 Å². The molecule has 2 aromatic carbocycles. The van der Waals surface area contributed by atoms with Crippen LogP contribution in [0.25, 0.3) is 11.1 Å². The Bertz CT molecular complexity index is 921. The summed E-state index contributed by atoms with van der Waals surface area (Å²) in [6, 6.07) is 9.78. The van der Waals surface area contributed by atoms with Gasteiger partial charge in [-0.15, -0.1) is 13.2 Å². The molecule has 1 saturated heterocycles. The van der Waals surface area contributed by atoms with Gasteiger partial charge in [-0.2, -0.15) is 10.2 Å². The Morgan fingerprint density at radius 1 is 1.17 bits per heavy atom. The molecule has 29 heavy (non-hydrogen) atoms. The third kappa shape index (κ3) is 5.38. The molecule has 1 fully saturated rings. The quantitative estimate of drug-likeness (QED) is 0.619. The smallest absolute Gasteiger partial charge is 0.405 e. The van der Waals surface area contributed by atoms with Gasteiger partial charge in [0.1, 0.15) is 11.9 Å². The number of nitrogens with two attached hydrogens (primary N) is 1. The topological polar surface area (TPSA) is 80.3 Å². The Kier molecular flexibility index (Phi) is 6.26. The summed E-state index contributed by atoms with van der Waals surface area (Å²) < 4.78 is 42.0. The largest absolute Gasteiger partial charge is 0.573 e. The van der Waals surface area contributed by atoms with E-state index < -0.39 is 18.6 Å². The average molecular weight is 427 g/mol. The highest BCUT2D eigenvalue weighted by molar-refractivity contribution is 6.33. The number of piperidine rings is 1. The second-order valence-electron chi connectivity index (χ2n) is 6.43. The number of hydrogen-bond donors (Lipinski definition) is 1. The van der Waals surface area contributed by atoms with Crippen molar-refractivity contribution in [3.05, 3.63) is 47.5 Å². The number of urea groups is 1. The first-order valence-corrected chi connectivity index (χ1v) is 9.24. The van der Waals surface area contributed by atoms with Crippen molar-refractivity contribution in [1.82, 2.24) is 4.90 Å². The van der Waals surface area contributed by atoms with Crippen LogP contribution in [0.2, 0.25) is 5.02 Å². The van der Waals surface area contributed by atoms with E-state index in [1.165, 1.54) is 29.2 Å². The molecule has 154 valence electrons. The van der Waals surface area contributed by atoms with Crippen molar-refractivity contribution in [2.75, 3.05) is 6.54 Å². The fraction of sp³-hybridized carbons (Fsp3) is 0.316. The number of halogens is 4. The minimum absolute atomic E-state index is 0.190. The van der Waals surface area contributed by atoms with Gasteiger partial charge in [-0.1, -0.05) is 35.9 Å². The number of azo groups is 1. The van der Waals surface area contributed by atoms with Crippen LogP contribution in [0, 0.1) is 0 Å². The average Bonchev–Trinajstić information content (AvgIpc) is 2.66. The van der Waals surface area contributed by atoms with Crippen LogP contribution in [-0.2, 0) is 0 Å². The van der Waals surface area contributed by atoms with Crippen molar-refractivity contribution in [2.24, 2.45) is 16.0 Å². The summed E-state index contributed by atoms with van der Waals surface area (Å²) >= 11 is 6.28. The number of rotatable bonds is 4. The lowest BCUT2D eigenvalue weighted by Gasteiger charge is -2.30. The fourth-order valence-corrected chi connectivity index (χ4v) is 3.39. The Morgan fingerprint density at radius 3 is 2.62 bits per heavy atom. The van der Waals surface area contributed by atoms with Gasteiger partial charge >= 0.3 is 12.4 Å². The number of carbonyl (C=O) groups excluding carboxylic acids is 1. The van der Waals surface area contributed by atoms with Crippen molar-refractivity contribution in [2.45, 2.75) is 31.8 Å². The van der Waals surface area contributed by atoms with Gasteiger partial charge in [0.25, 0.3) is 0 Å². The van der Waals surface area contributed by atoms with E-state index in [1.54, 1.807) is 18.2 Å². The van der Waals surface area contributed by atoms with Crippen LogP contribution in [0.1, 0.15) is 19.3 Å². The maximum Gasteiger partial charge on any atom is 0.573 e. The Hall–Kier alpha value is -2.81. The molecule has 0 aliphatic carbocycles. The Labute approximate surface area is 170 Å². The molecule has 2 amide bonds. The number of nitrogens with zero attached hydrogens (tertiary/aromatic N) is 3. The molecular weight excluding hydrogens is 409 g/mol. The zero-order chi connectivity index (χ0) is 21.0. The van der Waals surface area contributed by atoms with Crippen LogP contribution >= 0.6 is 11.6 Å². The molecule has 0 spiro atoms. The third-order valence-electron chi connectivity index (χ3n) is 4.42. The van der Waals surface area contributed by atoms with Gasteiger partial charge in [0.05, 0.1) is 10.7 Å². The maximum absolute atomic E-state index is 12.6. The number of alkyl halides is 3. The van der Waals surface area contributed by atoms with Crippen molar-refractivity contribution >= 4 is 23.3 Å². The molecule has 6 nitrogen and oxygen atoms in total. The van der Waals surface area contributed by atoms with Gasteiger partial charge in [-0.3, -0.25) is 0 Å². The third-order valence-corrected chi connectivity index (χ3v) is 4.73. The Morgan fingerprint density at radius 2 is 1.93 bits per heavy atom. The number of amides is 2. The molecule has 1 aliphatic rings. The van der Waals surface area contributed by atoms with Crippen LogP contribution < -0.4 is 10.5 Å². The zero-order valence-corrected chi connectivity index (χ0v) is 16.0. The molecule has 2 N–H and O–H groups in total. The molecule has 1 unspecified atom stereocenters. The van der Waals surface area contributed by atoms with Gasteiger partial charge in [-0.25, -0.2) is 4.79 Å². The normalized spacial score (nSPS) is 17.5. The SMILES string of the molecule is NC(=O)N1CCCCC1N=Nc1ccc(-c2ccccc2OC(F)(F)F)c(Cl)c1. The lowest BCUT2D eigenvalue weighted by Crippen LogP contribution is -2.45. The fourth-order valence-electron chi connectivity index (χ4n) is 3.11. The van der Waals surface area contributed by atoms with E-state index in [2.05, 4.69) is 15.0 Å². The summed E-state index contributed by atoms with van der Waals surface area (Å²) in [4.78, 5) is 12.9. The van der Waals surface area contributed by atoms with E-state index in [-0.39, 0.29) is 16.3 Å². The van der Waals surface area contributed by atoms with Gasteiger partial charge < -0.3 is 15.4 Å². The van der Waals surface area contributed by atoms with Crippen molar-refractivity contribution in [1.29, 1.82) is 0 Å². The van der Waals surface area contributed by atoms with Gasteiger partial charge in [-0.05, 0) is 37.5 Å². The summed E-state index contributed by atoms with van der Waals surface area (Å²) in [6.07, 6.45) is -2.85. The minimum Gasteiger partial charge on any atom is -0.405 e. The summed E-state index contributed by atoms with van der Waals surface area (Å²) in [5.74, 6) is -0.351. The molecule has 1 aliphatic heterocycles. The molecule has 0 aromatic heterocycles. The first-order chi connectivity index (χ1) is 13.7. The van der Waals surface area contributed by atoms with E-state index >= 15 is 0 Å². The summed E-state index contributed by atoms with van der Waals surface area (Å²) in [5, 5.41) is 8.49. The minimum atomic E-state index is -4.82. The molecule has 10 heteroatoms. The van der Waals surface area contributed by atoms with E-state index in [0.717, 1.165) is 12.8 Å². The number of carbonyl (C=O) groups is 1. The highest BCUT2D eigenvalue weighted by Gasteiger charge is 2.32. The highest BCUT2D eigenvalue weighted by Crippen LogP contribution is 2.38. The molecular formula is C19H18ClF3N4O2. The standard InChI is InChI=1S/C19H18ClF3N4O2/c20-15-11-12(25-26-17-7-3-4-10-27(17)18(24)28)8-9-13(15)14-5-1-2-6-16(14)29-19(21,22)23/h1-2,5-6,8-9,11,17H,3-4,7,10H2,(H2,24,28). The molecule has 0 radical (unpaired) electrons. The van der Waals surface area contributed by atoms with Crippen molar-refractivity contribution in [3.63, 3.8) is 0 Å². The Balaban J connectivity index is 1.84. The molecule has 3 rings (SSSR count). The summed E-state index contributed by atoms with van der Waals surface area (Å²) in [7, 11) is 0. The first kappa shape index (κ1) is 20.9. The number of primary amides is 1. The zero-order valence-electron chi connectivity index (χ0n) is 15.2. The van der Waals surface area contributed by atoms with E-state index in [9.17, 15) is 18.0 Å². The number of para-hydroxylation sites is 1. The predicted octanol–water partition coefficient (Wildman–Crippen LogP) is 5.88. The van der Waals surface area contributed by atoms with Gasteiger partial charge in [0, 0.05) is 17.7 Å². The highest BCUT2D eigenvalue weighted by atomic mass is 35.5. The summed E-state index contributed by atoms with van der Waals surface area (Å²) in [5.41, 5.74) is 6.33. The second-order valence-corrected chi connectivity index (χ2v) is 6.84. The van der Waals surface area contributed by atoms with Crippen LogP contribution in [0.4, 0.5) is 23.7 Å². The lowest BCUT2D eigenvalue weighted by atomic mass is 10.0. The van der Waals surface area contributed by atoms with Crippen molar-refractivity contribution < 1.29 is 22.7 Å². The monoisotopic (exact) mass is 426 g/mol. The number of ether oxygens (including phenoxy) is 1. The summed E-state index contributed by atoms with van der Waals surface area (Å²) in [6.45, 7) is 0.523. The first-order valence-electron chi connectivity index (χ1n) is 8.86. The van der Waals surface area contributed by atoms with E-state index in [4.69, 9.17) is 17.3 Å². The molecule has 1 atom stereocenters. The predicted molar refractivity (Wildman–Crippen MR) is 102 cm³/mol. The van der Waals surface area contributed by atoms with Gasteiger partial charge in [0.2, 0.25) is 0 Å². The van der Waals surface area contributed by atoms with E-state index in [1.807, 2.05) is 0 Å². The number of benzene rings is 2. The number of likely N-dealkylation sites (tertiary alicyclic amines) is 1.